The number of carbonyl (C=O) groups excluding carboxylic acids is 1. The molecule has 116 valence electrons. The first-order valence-corrected chi connectivity index (χ1v) is 9.00. The Morgan fingerprint density at radius 3 is 2.90 bits per heavy atom. The minimum absolute atomic E-state index is 0.111. The fourth-order valence-corrected chi connectivity index (χ4v) is 4.43. The van der Waals surface area contributed by atoms with E-state index in [9.17, 15) is 4.79 Å². The number of rotatable bonds is 6. The molecule has 0 bridgehead atoms. The Balaban J connectivity index is 1.61. The smallest absolute Gasteiger partial charge is 0.307 e. The molecule has 3 nitrogen and oxygen atoms in total. The largest absolute Gasteiger partial charge is 0.469 e. The molecule has 21 heavy (non-hydrogen) atoms. The molecule has 3 unspecified atom stereocenters. The van der Waals surface area contributed by atoms with E-state index in [1.165, 1.54) is 50.5 Å². The Bertz CT molecular complexity index is 455. The third-order valence-electron chi connectivity index (χ3n) is 4.93. The van der Waals surface area contributed by atoms with Crippen LogP contribution in [0.4, 0.5) is 0 Å². The van der Waals surface area contributed by atoms with Crippen LogP contribution >= 0.6 is 11.3 Å². The molecule has 0 spiro atoms. The summed E-state index contributed by atoms with van der Waals surface area (Å²) < 4.78 is 4.86. The van der Waals surface area contributed by atoms with Gasteiger partial charge in [0.05, 0.1) is 19.6 Å². The highest BCUT2D eigenvalue weighted by molar-refractivity contribution is 7.10. The van der Waals surface area contributed by atoms with Crippen LogP contribution < -0.4 is 5.32 Å². The SMILES string of the molecule is COC(=O)CC(NC1CCCC(C2CC2)C1)c1cccs1. The summed E-state index contributed by atoms with van der Waals surface area (Å²) in [6, 6.07) is 4.84. The predicted molar refractivity (Wildman–Crippen MR) is 85.3 cm³/mol. The Morgan fingerprint density at radius 1 is 1.38 bits per heavy atom. The van der Waals surface area contributed by atoms with Crippen molar-refractivity contribution >= 4 is 17.3 Å². The number of nitrogens with one attached hydrogen (secondary N) is 1. The summed E-state index contributed by atoms with van der Waals surface area (Å²) in [5.74, 6) is 1.78. The summed E-state index contributed by atoms with van der Waals surface area (Å²) >= 11 is 1.72. The summed E-state index contributed by atoms with van der Waals surface area (Å²) in [5.41, 5.74) is 0. The van der Waals surface area contributed by atoms with Gasteiger partial charge in [0.2, 0.25) is 0 Å². The first-order chi connectivity index (χ1) is 10.3. The topological polar surface area (TPSA) is 38.3 Å². The molecule has 3 rings (SSSR count). The fourth-order valence-electron chi connectivity index (χ4n) is 3.64. The van der Waals surface area contributed by atoms with Gasteiger partial charge in [0.15, 0.2) is 0 Å². The van der Waals surface area contributed by atoms with Crippen molar-refractivity contribution in [2.75, 3.05) is 7.11 Å². The van der Waals surface area contributed by atoms with Gasteiger partial charge in [0.1, 0.15) is 0 Å². The van der Waals surface area contributed by atoms with Crippen LogP contribution in [0.1, 0.15) is 55.9 Å². The van der Waals surface area contributed by atoms with E-state index in [4.69, 9.17) is 4.74 Å². The van der Waals surface area contributed by atoms with Gasteiger partial charge in [-0.2, -0.15) is 0 Å². The summed E-state index contributed by atoms with van der Waals surface area (Å²) in [6.45, 7) is 0. The van der Waals surface area contributed by atoms with Crippen molar-refractivity contribution in [2.24, 2.45) is 11.8 Å². The number of esters is 1. The van der Waals surface area contributed by atoms with Crippen molar-refractivity contribution in [2.45, 2.75) is 57.0 Å². The average Bonchev–Trinajstić information content (AvgIpc) is 3.21. The first kappa shape index (κ1) is 15.0. The van der Waals surface area contributed by atoms with Gasteiger partial charge in [-0.25, -0.2) is 0 Å². The van der Waals surface area contributed by atoms with E-state index in [1.807, 2.05) is 0 Å². The summed E-state index contributed by atoms with van der Waals surface area (Å²) in [6.07, 6.45) is 8.57. The number of thiophene rings is 1. The van der Waals surface area contributed by atoms with Gasteiger partial charge in [-0.05, 0) is 49.0 Å². The lowest BCUT2D eigenvalue weighted by atomic mass is 9.82. The van der Waals surface area contributed by atoms with Gasteiger partial charge in [-0.15, -0.1) is 11.3 Å². The van der Waals surface area contributed by atoms with Crippen LogP contribution in [0.2, 0.25) is 0 Å². The number of methoxy groups -OCH3 is 1. The van der Waals surface area contributed by atoms with Gasteiger partial charge in [0, 0.05) is 10.9 Å². The molecule has 0 saturated heterocycles. The molecule has 0 aromatic carbocycles. The van der Waals surface area contributed by atoms with Crippen LogP contribution in [0.5, 0.6) is 0 Å². The van der Waals surface area contributed by atoms with Crippen molar-refractivity contribution < 1.29 is 9.53 Å². The molecule has 0 amide bonds. The van der Waals surface area contributed by atoms with Gasteiger partial charge in [-0.1, -0.05) is 18.9 Å². The summed E-state index contributed by atoms with van der Waals surface area (Å²) in [5, 5.41) is 5.82. The Hall–Kier alpha value is -0.870. The van der Waals surface area contributed by atoms with E-state index in [2.05, 4.69) is 22.8 Å². The number of carbonyl (C=O) groups is 1. The molecule has 1 aromatic heterocycles. The Kier molecular flexibility index (Phi) is 4.96. The zero-order chi connectivity index (χ0) is 14.7. The summed E-state index contributed by atoms with van der Waals surface area (Å²) in [7, 11) is 1.47. The van der Waals surface area contributed by atoms with Crippen molar-refractivity contribution in [3.8, 4) is 0 Å². The van der Waals surface area contributed by atoms with Crippen molar-refractivity contribution in [1.29, 1.82) is 0 Å². The molecule has 1 heterocycles. The van der Waals surface area contributed by atoms with Gasteiger partial charge in [-0.3, -0.25) is 4.79 Å². The second kappa shape index (κ2) is 6.93. The minimum atomic E-state index is -0.129. The zero-order valence-corrected chi connectivity index (χ0v) is 13.5. The van der Waals surface area contributed by atoms with E-state index in [-0.39, 0.29) is 12.0 Å². The number of hydrogen-bond donors (Lipinski definition) is 1. The van der Waals surface area contributed by atoms with Crippen LogP contribution in [-0.2, 0) is 9.53 Å². The van der Waals surface area contributed by atoms with Crippen molar-refractivity contribution in [3.63, 3.8) is 0 Å². The van der Waals surface area contributed by atoms with Crippen molar-refractivity contribution in [3.05, 3.63) is 22.4 Å². The Morgan fingerprint density at radius 2 is 2.24 bits per heavy atom. The van der Waals surface area contributed by atoms with E-state index in [0.29, 0.717) is 12.5 Å². The maximum atomic E-state index is 11.7. The highest BCUT2D eigenvalue weighted by Crippen LogP contribution is 2.44. The molecule has 3 atom stereocenters. The van der Waals surface area contributed by atoms with Crippen LogP contribution in [0, 0.1) is 11.8 Å². The van der Waals surface area contributed by atoms with Gasteiger partial charge < -0.3 is 10.1 Å². The molecule has 2 aliphatic rings. The standard InChI is InChI=1S/C17H25NO2S/c1-20-17(19)11-15(16-6-3-9-21-16)18-14-5-2-4-13(10-14)12-7-8-12/h3,6,9,12-15,18H,2,4-5,7-8,10-11H2,1H3. The van der Waals surface area contributed by atoms with Gasteiger partial charge in [0.25, 0.3) is 0 Å². The predicted octanol–water partition coefficient (Wildman–Crippen LogP) is 3.91. The normalized spacial score (nSPS) is 27.3. The molecular formula is C17H25NO2S. The van der Waals surface area contributed by atoms with Crippen LogP contribution in [0.15, 0.2) is 17.5 Å². The molecule has 2 aliphatic carbocycles. The van der Waals surface area contributed by atoms with Crippen LogP contribution in [0.25, 0.3) is 0 Å². The maximum Gasteiger partial charge on any atom is 0.307 e. The molecule has 0 aliphatic heterocycles. The fraction of sp³-hybridized carbons (Fsp3) is 0.706. The molecule has 0 radical (unpaired) electrons. The van der Waals surface area contributed by atoms with E-state index in [0.717, 1.165) is 11.8 Å². The average molecular weight is 307 g/mol. The third kappa shape index (κ3) is 4.07. The highest BCUT2D eigenvalue weighted by atomic mass is 32.1. The van der Waals surface area contributed by atoms with Crippen molar-refractivity contribution in [1.82, 2.24) is 5.32 Å². The molecular weight excluding hydrogens is 282 g/mol. The lowest BCUT2D eigenvalue weighted by Crippen LogP contribution is -2.38. The molecule has 2 fully saturated rings. The Labute approximate surface area is 131 Å². The highest BCUT2D eigenvalue weighted by Gasteiger charge is 2.35. The minimum Gasteiger partial charge on any atom is -0.469 e. The van der Waals surface area contributed by atoms with E-state index >= 15 is 0 Å². The lowest BCUT2D eigenvalue weighted by molar-refractivity contribution is -0.141. The third-order valence-corrected chi connectivity index (χ3v) is 5.91. The zero-order valence-electron chi connectivity index (χ0n) is 12.7. The first-order valence-electron chi connectivity index (χ1n) is 8.12. The number of ether oxygens (including phenoxy) is 1. The monoisotopic (exact) mass is 307 g/mol. The second-order valence-electron chi connectivity index (χ2n) is 6.48. The maximum absolute atomic E-state index is 11.7. The lowest BCUT2D eigenvalue weighted by Gasteiger charge is -2.32. The molecule has 2 saturated carbocycles. The molecule has 4 heteroatoms. The molecule has 1 aromatic rings. The second-order valence-corrected chi connectivity index (χ2v) is 7.46. The van der Waals surface area contributed by atoms with Crippen LogP contribution in [0.3, 0.4) is 0 Å². The van der Waals surface area contributed by atoms with Crippen LogP contribution in [-0.4, -0.2) is 19.1 Å². The van der Waals surface area contributed by atoms with E-state index < -0.39 is 0 Å². The number of hydrogen-bond acceptors (Lipinski definition) is 4. The molecule has 1 N–H and O–H groups in total. The van der Waals surface area contributed by atoms with E-state index in [1.54, 1.807) is 11.3 Å². The quantitative estimate of drug-likeness (QED) is 0.810. The summed E-state index contributed by atoms with van der Waals surface area (Å²) in [4.78, 5) is 12.9. The van der Waals surface area contributed by atoms with Gasteiger partial charge >= 0.3 is 5.97 Å².